The normalized spacial score (nSPS) is 18.3. The molecule has 1 atom stereocenters. The molecule has 0 N–H and O–H groups in total. The quantitative estimate of drug-likeness (QED) is 0.604. The lowest BCUT2D eigenvalue weighted by molar-refractivity contribution is -0.129. The number of hydrogen-bond donors (Lipinski definition) is 0. The Kier molecular flexibility index (Phi) is 5.25. The first-order chi connectivity index (χ1) is 10.8. The number of esters is 1. The third-order valence-corrected chi connectivity index (χ3v) is 5.34. The number of hydrogen-bond acceptors (Lipinski definition) is 6. The predicted octanol–water partition coefficient (Wildman–Crippen LogP) is 1.19. The van der Waals surface area contributed by atoms with Crippen molar-refractivity contribution in [2.45, 2.75) is 25.0 Å². The van der Waals surface area contributed by atoms with Gasteiger partial charge in [0.1, 0.15) is 10.8 Å². The minimum atomic E-state index is -3.97. The van der Waals surface area contributed by atoms with Crippen LogP contribution in [0.5, 0.6) is 5.75 Å². The summed E-state index contributed by atoms with van der Waals surface area (Å²) in [4.78, 5) is 24.6. The van der Waals surface area contributed by atoms with Crippen LogP contribution in [0.2, 0.25) is 0 Å². The summed E-state index contributed by atoms with van der Waals surface area (Å²) in [5, 5.41) is -0.814. The lowest BCUT2D eigenvalue weighted by Crippen LogP contribution is -2.45. The minimum Gasteiger partial charge on any atom is -0.465 e. The summed E-state index contributed by atoms with van der Waals surface area (Å²) in [6.45, 7) is 2.04. The molecule has 1 aromatic carbocycles. The predicted molar refractivity (Wildman–Crippen MR) is 82.6 cm³/mol. The van der Waals surface area contributed by atoms with Crippen molar-refractivity contribution in [2.24, 2.45) is 0 Å². The fourth-order valence-electron chi connectivity index (χ4n) is 2.47. The van der Waals surface area contributed by atoms with Gasteiger partial charge in [0, 0.05) is 20.0 Å². The van der Waals surface area contributed by atoms with Gasteiger partial charge in [-0.2, -0.15) is 8.42 Å². The molecular formula is C15H19NO6S. The highest BCUT2D eigenvalue weighted by molar-refractivity contribution is 7.87. The number of nitrogens with zero attached hydrogens (tertiary/aromatic N) is 1. The van der Waals surface area contributed by atoms with Crippen molar-refractivity contribution in [3.63, 3.8) is 0 Å². The van der Waals surface area contributed by atoms with Gasteiger partial charge in [-0.1, -0.05) is 12.1 Å². The van der Waals surface area contributed by atoms with Gasteiger partial charge >= 0.3 is 16.1 Å². The van der Waals surface area contributed by atoms with E-state index in [0.29, 0.717) is 19.4 Å². The Bertz CT molecular complexity index is 700. The molecule has 0 unspecified atom stereocenters. The SMILES string of the molecule is COC(=O)c1ccccc1OS(=O)(=O)[C@H]1CCCN(C(C)=O)C1. The number of carbonyl (C=O) groups is 2. The number of methoxy groups -OCH3 is 1. The van der Waals surface area contributed by atoms with E-state index in [-0.39, 0.29) is 23.8 Å². The summed E-state index contributed by atoms with van der Waals surface area (Å²) in [7, 11) is -2.76. The number of carbonyl (C=O) groups excluding carboxylic acids is 2. The second-order valence-corrected chi connectivity index (χ2v) is 7.11. The van der Waals surface area contributed by atoms with Gasteiger partial charge in [0.15, 0.2) is 5.75 Å². The topological polar surface area (TPSA) is 90.0 Å². The molecule has 1 amide bonds. The van der Waals surface area contributed by atoms with E-state index in [2.05, 4.69) is 4.74 Å². The van der Waals surface area contributed by atoms with Gasteiger partial charge in [0.2, 0.25) is 5.91 Å². The van der Waals surface area contributed by atoms with E-state index < -0.39 is 21.3 Å². The van der Waals surface area contributed by atoms with E-state index in [0.717, 1.165) is 0 Å². The summed E-state index contributed by atoms with van der Waals surface area (Å²) in [6.07, 6.45) is 0.998. The number of benzene rings is 1. The average Bonchev–Trinajstić information content (AvgIpc) is 2.54. The van der Waals surface area contributed by atoms with Crippen LogP contribution in [0.3, 0.4) is 0 Å². The summed E-state index contributed by atoms with van der Waals surface area (Å²) in [6, 6.07) is 5.98. The van der Waals surface area contributed by atoms with Crippen LogP contribution in [0, 0.1) is 0 Å². The molecule has 126 valence electrons. The van der Waals surface area contributed by atoms with Crippen LogP contribution in [0.25, 0.3) is 0 Å². The molecular weight excluding hydrogens is 322 g/mol. The van der Waals surface area contributed by atoms with Gasteiger partial charge in [0.25, 0.3) is 0 Å². The Morgan fingerprint density at radius 3 is 2.61 bits per heavy atom. The maximum atomic E-state index is 12.5. The number of amides is 1. The molecule has 0 bridgehead atoms. The van der Waals surface area contributed by atoms with Crippen molar-refractivity contribution in [3.8, 4) is 5.75 Å². The molecule has 2 rings (SSSR count). The first-order valence-electron chi connectivity index (χ1n) is 7.21. The third kappa shape index (κ3) is 4.01. The Morgan fingerprint density at radius 1 is 1.26 bits per heavy atom. The van der Waals surface area contributed by atoms with Crippen molar-refractivity contribution in [3.05, 3.63) is 29.8 Å². The van der Waals surface area contributed by atoms with Crippen LogP contribution < -0.4 is 4.18 Å². The molecule has 1 fully saturated rings. The molecule has 8 heteroatoms. The molecule has 1 aromatic rings. The van der Waals surface area contributed by atoms with Crippen molar-refractivity contribution < 1.29 is 26.9 Å². The number of rotatable bonds is 4. The summed E-state index contributed by atoms with van der Waals surface area (Å²) in [5.41, 5.74) is 0.0396. The lowest BCUT2D eigenvalue weighted by atomic mass is 10.1. The summed E-state index contributed by atoms with van der Waals surface area (Å²) < 4.78 is 34.7. The van der Waals surface area contributed by atoms with Crippen LogP contribution in [0.1, 0.15) is 30.1 Å². The van der Waals surface area contributed by atoms with Gasteiger partial charge in [0.05, 0.1) is 7.11 Å². The molecule has 0 aliphatic carbocycles. The molecule has 1 aliphatic heterocycles. The average molecular weight is 341 g/mol. The van der Waals surface area contributed by atoms with Gasteiger partial charge in [-0.25, -0.2) is 4.79 Å². The number of piperidine rings is 1. The van der Waals surface area contributed by atoms with E-state index in [9.17, 15) is 18.0 Å². The second kappa shape index (κ2) is 6.99. The fourth-order valence-corrected chi connectivity index (χ4v) is 3.82. The largest absolute Gasteiger partial charge is 0.465 e. The van der Waals surface area contributed by atoms with Crippen LogP contribution >= 0.6 is 0 Å². The van der Waals surface area contributed by atoms with E-state index in [1.54, 1.807) is 12.1 Å². The highest BCUT2D eigenvalue weighted by Crippen LogP contribution is 2.25. The molecule has 7 nitrogen and oxygen atoms in total. The van der Waals surface area contributed by atoms with Crippen molar-refractivity contribution in [2.75, 3.05) is 20.2 Å². The number of likely N-dealkylation sites (tertiary alicyclic amines) is 1. The van der Waals surface area contributed by atoms with Crippen LogP contribution in [-0.4, -0.2) is 50.6 Å². The molecule has 0 aromatic heterocycles. The second-order valence-electron chi connectivity index (χ2n) is 5.29. The number of para-hydroxylation sites is 1. The Labute approximate surface area is 135 Å². The Hall–Kier alpha value is -2.09. The highest BCUT2D eigenvalue weighted by Gasteiger charge is 2.34. The van der Waals surface area contributed by atoms with E-state index in [1.807, 2.05) is 0 Å². The maximum Gasteiger partial charge on any atom is 0.341 e. The smallest absolute Gasteiger partial charge is 0.341 e. The highest BCUT2D eigenvalue weighted by atomic mass is 32.2. The third-order valence-electron chi connectivity index (χ3n) is 3.73. The standard InChI is InChI=1S/C15H19NO6S/c1-11(17)16-9-5-6-12(10-16)23(19,20)22-14-8-4-3-7-13(14)15(18)21-2/h3-4,7-8,12H,5-6,9-10H2,1-2H3/t12-/m0/s1. The Balaban J connectivity index is 2.22. The summed E-state index contributed by atoms with van der Waals surface area (Å²) >= 11 is 0. The Morgan fingerprint density at radius 2 is 1.96 bits per heavy atom. The van der Waals surface area contributed by atoms with E-state index in [4.69, 9.17) is 4.18 Å². The van der Waals surface area contributed by atoms with Crippen molar-refractivity contribution in [1.82, 2.24) is 4.90 Å². The van der Waals surface area contributed by atoms with Gasteiger partial charge < -0.3 is 13.8 Å². The van der Waals surface area contributed by atoms with Crippen LogP contribution in [-0.2, 0) is 19.6 Å². The molecule has 0 radical (unpaired) electrons. The first kappa shape index (κ1) is 17.3. The van der Waals surface area contributed by atoms with E-state index in [1.165, 1.54) is 31.1 Å². The van der Waals surface area contributed by atoms with Crippen molar-refractivity contribution >= 4 is 22.0 Å². The molecule has 23 heavy (non-hydrogen) atoms. The summed E-state index contributed by atoms with van der Waals surface area (Å²) in [5.74, 6) is -0.913. The lowest BCUT2D eigenvalue weighted by Gasteiger charge is -2.31. The number of ether oxygens (including phenoxy) is 1. The van der Waals surface area contributed by atoms with Crippen LogP contribution in [0.15, 0.2) is 24.3 Å². The molecule has 0 spiro atoms. The van der Waals surface area contributed by atoms with Crippen molar-refractivity contribution in [1.29, 1.82) is 0 Å². The molecule has 1 aliphatic rings. The van der Waals surface area contributed by atoms with Gasteiger partial charge in [-0.05, 0) is 25.0 Å². The fraction of sp³-hybridized carbons (Fsp3) is 0.467. The molecule has 1 saturated heterocycles. The van der Waals surface area contributed by atoms with Gasteiger partial charge in [-0.3, -0.25) is 4.79 Å². The molecule has 1 heterocycles. The van der Waals surface area contributed by atoms with Crippen LogP contribution in [0.4, 0.5) is 0 Å². The zero-order chi connectivity index (χ0) is 17.0. The van der Waals surface area contributed by atoms with Gasteiger partial charge in [-0.15, -0.1) is 0 Å². The maximum absolute atomic E-state index is 12.5. The van der Waals surface area contributed by atoms with E-state index >= 15 is 0 Å². The molecule has 0 saturated carbocycles. The zero-order valence-electron chi connectivity index (χ0n) is 13.0. The monoisotopic (exact) mass is 341 g/mol. The zero-order valence-corrected chi connectivity index (χ0v) is 13.8. The minimum absolute atomic E-state index is 0.0396. The first-order valence-corrected chi connectivity index (χ1v) is 8.68.